The zero-order chi connectivity index (χ0) is 20.4. The summed E-state index contributed by atoms with van der Waals surface area (Å²) in [5.74, 6) is -0.175. The molecule has 2 aromatic carbocycles. The van der Waals surface area contributed by atoms with E-state index in [1.807, 2.05) is 55.5 Å². The van der Waals surface area contributed by atoms with Gasteiger partial charge in [-0.1, -0.05) is 30.3 Å². The molecule has 2 aromatic heterocycles. The number of nitrogens with zero attached hydrogens (tertiary/aromatic N) is 2. The van der Waals surface area contributed by atoms with Crippen LogP contribution in [0.25, 0.3) is 21.9 Å². The molecule has 6 nitrogen and oxygen atoms in total. The maximum absolute atomic E-state index is 12.8. The molecule has 0 atom stereocenters. The Hall–Kier alpha value is -3.67. The van der Waals surface area contributed by atoms with Crippen molar-refractivity contribution in [2.24, 2.45) is 0 Å². The number of nitrogens with one attached hydrogen (secondary N) is 1. The van der Waals surface area contributed by atoms with Crippen LogP contribution in [0.15, 0.2) is 70.3 Å². The average Bonchev–Trinajstić information content (AvgIpc) is 3.23. The molecular weight excluding hydrogens is 366 g/mol. The summed E-state index contributed by atoms with van der Waals surface area (Å²) in [4.78, 5) is 28.9. The number of hydrogen-bond donors (Lipinski definition) is 1. The van der Waals surface area contributed by atoms with Crippen molar-refractivity contribution in [3.8, 4) is 11.1 Å². The molecule has 0 bridgehead atoms. The number of fused-ring (bicyclic) bond motifs is 1. The van der Waals surface area contributed by atoms with E-state index in [9.17, 15) is 9.59 Å². The number of benzene rings is 2. The predicted octanol–water partition coefficient (Wildman–Crippen LogP) is 3.70. The lowest BCUT2D eigenvalue weighted by molar-refractivity contribution is 0.0953. The number of aryl methyl sites for hydroxylation is 2. The molecule has 0 saturated heterocycles. The monoisotopic (exact) mass is 387 g/mol. The van der Waals surface area contributed by atoms with Gasteiger partial charge in [-0.2, -0.15) is 4.98 Å². The summed E-state index contributed by atoms with van der Waals surface area (Å²) in [7, 11) is 0. The average molecular weight is 387 g/mol. The normalized spacial score (nSPS) is 11.0. The Morgan fingerprint density at radius 1 is 1.10 bits per heavy atom. The molecule has 0 spiro atoms. The highest BCUT2D eigenvalue weighted by Crippen LogP contribution is 2.31. The lowest BCUT2D eigenvalue weighted by Gasteiger charge is -2.13. The molecule has 0 unspecified atom stereocenters. The Morgan fingerprint density at radius 2 is 1.90 bits per heavy atom. The van der Waals surface area contributed by atoms with Gasteiger partial charge in [-0.05, 0) is 48.4 Å². The van der Waals surface area contributed by atoms with Crippen molar-refractivity contribution in [3.63, 3.8) is 0 Å². The van der Waals surface area contributed by atoms with Gasteiger partial charge in [0.25, 0.3) is 5.91 Å². The highest BCUT2D eigenvalue weighted by atomic mass is 16.3. The van der Waals surface area contributed by atoms with Crippen LogP contribution in [0.5, 0.6) is 0 Å². The third-order valence-electron chi connectivity index (χ3n) is 4.97. The van der Waals surface area contributed by atoms with Crippen LogP contribution in [-0.2, 0) is 6.54 Å². The molecule has 0 aliphatic rings. The highest BCUT2D eigenvalue weighted by Gasteiger charge is 2.14. The molecule has 1 N–H and O–H groups in total. The van der Waals surface area contributed by atoms with Gasteiger partial charge in [-0.25, -0.2) is 4.79 Å². The minimum absolute atomic E-state index is 0.175. The molecule has 6 heteroatoms. The van der Waals surface area contributed by atoms with E-state index in [2.05, 4.69) is 10.3 Å². The van der Waals surface area contributed by atoms with Crippen LogP contribution < -0.4 is 11.0 Å². The van der Waals surface area contributed by atoms with Crippen LogP contribution in [0.3, 0.4) is 0 Å². The van der Waals surface area contributed by atoms with Gasteiger partial charge < -0.3 is 9.73 Å². The Morgan fingerprint density at radius 3 is 2.62 bits per heavy atom. The lowest BCUT2D eigenvalue weighted by atomic mass is 9.96. The Kier molecular flexibility index (Phi) is 4.99. The van der Waals surface area contributed by atoms with Crippen LogP contribution >= 0.6 is 0 Å². The summed E-state index contributed by atoms with van der Waals surface area (Å²) in [6.07, 6.45) is 3.33. The van der Waals surface area contributed by atoms with E-state index in [1.165, 1.54) is 0 Å². The van der Waals surface area contributed by atoms with E-state index in [-0.39, 0.29) is 11.6 Å². The first-order valence-electron chi connectivity index (χ1n) is 9.42. The summed E-state index contributed by atoms with van der Waals surface area (Å²) in [5.41, 5.74) is 3.79. The Bertz CT molecular complexity index is 1240. The fraction of sp³-hybridized carbons (Fsp3) is 0.174. The third kappa shape index (κ3) is 3.69. The Balaban J connectivity index is 1.57. The van der Waals surface area contributed by atoms with Crippen molar-refractivity contribution >= 4 is 16.7 Å². The fourth-order valence-electron chi connectivity index (χ4n) is 3.59. The van der Waals surface area contributed by atoms with Gasteiger partial charge in [0.05, 0.1) is 12.5 Å². The summed E-state index contributed by atoms with van der Waals surface area (Å²) in [6.45, 7) is 4.36. The quantitative estimate of drug-likeness (QED) is 0.566. The molecule has 0 radical (unpaired) electrons. The topological polar surface area (TPSA) is 77.1 Å². The maximum atomic E-state index is 12.8. The third-order valence-corrected chi connectivity index (χ3v) is 4.97. The molecule has 0 aliphatic carbocycles. The van der Waals surface area contributed by atoms with E-state index in [1.54, 1.807) is 24.0 Å². The number of carbonyl (C=O) groups is 1. The standard InChI is InChI=1S/C23H21N3O3/c1-15-13-16(2)26(23(28)25-15)11-10-24-22(27)21-8-7-18(17-9-12-29-14-17)19-5-3-4-6-20(19)21/h3-9,12-14H,10-11H2,1-2H3,(H,24,27). The molecule has 4 rings (SSSR count). The van der Waals surface area contributed by atoms with Crippen molar-refractivity contribution in [1.82, 2.24) is 14.9 Å². The fourth-order valence-corrected chi connectivity index (χ4v) is 3.59. The number of carbonyl (C=O) groups excluding carboxylic acids is 1. The minimum Gasteiger partial charge on any atom is -0.472 e. The van der Waals surface area contributed by atoms with Crippen LogP contribution in [0.1, 0.15) is 21.7 Å². The molecule has 1 amide bonds. The van der Waals surface area contributed by atoms with Crippen LogP contribution in [-0.4, -0.2) is 22.0 Å². The van der Waals surface area contributed by atoms with E-state index in [4.69, 9.17) is 4.42 Å². The van der Waals surface area contributed by atoms with E-state index >= 15 is 0 Å². The number of aromatic nitrogens is 2. The van der Waals surface area contributed by atoms with Gasteiger partial charge in [0.2, 0.25) is 0 Å². The molecular formula is C23H21N3O3. The minimum atomic E-state index is -0.299. The van der Waals surface area contributed by atoms with Crippen molar-refractivity contribution in [3.05, 3.63) is 88.5 Å². The first-order valence-corrected chi connectivity index (χ1v) is 9.42. The number of furan rings is 1. The molecule has 0 saturated carbocycles. The number of amides is 1. The lowest BCUT2D eigenvalue weighted by Crippen LogP contribution is -2.33. The summed E-state index contributed by atoms with van der Waals surface area (Å²) < 4.78 is 6.77. The second kappa shape index (κ2) is 7.75. The van der Waals surface area contributed by atoms with Crippen LogP contribution in [0.4, 0.5) is 0 Å². The predicted molar refractivity (Wildman–Crippen MR) is 112 cm³/mol. The van der Waals surface area contributed by atoms with Gasteiger partial charge in [-0.15, -0.1) is 0 Å². The van der Waals surface area contributed by atoms with Crippen molar-refractivity contribution in [1.29, 1.82) is 0 Å². The highest BCUT2D eigenvalue weighted by molar-refractivity contribution is 6.10. The molecule has 2 heterocycles. The van der Waals surface area contributed by atoms with Gasteiger partial charge in [-0.3, -0.25) is 9.36 Å². The van der Waals surface area contributed by atoms with E-state index in [0.29, 0.717) is 24.3 Å². The second-order valence-corrected chi connectivity index (χ2v) is 6.95. The summed E-state index contributed by atoms with van der Waals surface area (Å²) in [6, 6.07) is 15.3. The Labute approximate surface area is 167 Å². The smallest absolute Gasteiger partial charge is 0.348 e. The van der Waals surface area contributed by atoms with Crippen LogP contribution in [0, 0.1) is 13.8 Å². The molecule has 146 valence electrons. The molecule has 4 aromatic rings. The summed E-state index contributed by atoms with van der Waals surface area (Å²) >= 11 is 0. The first kappa shape index (κ1) is 18.7. The van der Waals surface area contributed by atoms with Crippen LogP contribution in [0.2, 0.25) is 0 Å². The van der Waals surface area contributed by atoms with Gasteiger partial charge in [0.1, 0.15) is 0 Å². The number of rotatable bonds is 5. The first-order chi connectivity index (χ1) is 14.0. The zero-order valence-electron chi connectivity index (χ0n) is 16.3. The largest absolute Gasteiger partial charge is 0.472 e. The molecule has 0 aliphatic heterocycles. The number of hydrogen-bond acceptors (Lipinski definition) is 4. The van der Waals surface area contributed by atoms with Crippen molar-refractivity contribution in [2.45, 2.75) is 20.4 Å². The zero-order valence-corrected chi connectivity index (χ0v) is 16.3. The van der Waals surface area contributed by atoms with Gasteiger partial charge in [0, 0.05) is 35.6 Å². The van der Waals surface area contributed by atoms with Crippen molar-refractivity contribution in [2.75, 3.05) is 6.54 Å². The van der Waals surface area contributed by atoms with E-state index < -0.39 is 0 Å². The molecule has 0 fully saturated rings. The summed E-state index contributed by atoms with van der Waals surface area (Å²) in [5, 5.41) is 4.77. The molecule has 29 heavy (non-hydrogen) atoms. The van der Waals surface area contributed by atoms with Crippen molar-refractivity contribution < 1.29 is 9.21 Å². The van der Waals surface area contributed by atoms with Gasteiger partial charge >= 0.3 is 5.69 Å². The maximum Gasteiger partial charge on any atom is 0.348 e. The SMILES string of the molecule is Cc1cc(C)n(CCNC(=O)c2ccc(-c3ccoc3)c3ccccc23)c(=O)n1. The second-order valence-electron chi connectivity index (χ2n) is 6.95. The van der Waals surface area contributed by atoms with E-state index in [0.717, 1.165) is 27.6 Å². The van der Waals surface area contributed by atoms with Gasteiger partial charge in [0.15, 0.2) is 0 Å².